The van der Waals surface area contributed by atoms with Crippen molar-refractivity contribution in [3.8, 4) is 0 Å². The van der Waals surface area contributed by atoms with E-state index in [2.05, 4.69) is 0 Å². The van der Waals surface area contributed by atoms with Crippen LogP contribution in [0.2, 0.25) is 0 Å². The zero-order valence-corrected chi connectivity index (χ0v) is 9.18. The van der Waals surface area contributed by atoms with Crippen LogP contribution in [0.15, 0.2) is 0 Å². The van der Waals surface area contributed by atoms with E-state index in [0.29, 0.717) is 5.01 Å². The summed E-state index contributed by atoms with van der Waals surface area (Å²) in [5, 5.41) is 54.1. The molecule has 14 heteroatoms. The van der Waals surface area contributed by atoms with E-state index in [-0.39, 0.29) is 0 Å². The third-order valence-corrected chi connectivity index (χ3v) is 0.954. The molecule has 2 unspecified atom stereocenters. The maximum absolute atomic E-state index is 9.99. The summed E-state index contributed by atoms with van der Waals surface area (Å²) < 4.78 is 0. The van der Waals surface area contributed by atoms with E-state index in [0.717, 1.165) is 0 Å². The van der Waals surface area contributed by atoms with Crippen molar-refractivity contribution in [3.05, 3.63) is 30.3 Å². The molecule has 0 radical (unpaired) electrons. The van der Waals surface area contributed by atoms with Crippen LogP contribution in [0, 0.1) is 30.3 Å². The van der Waals surface area contributed by atoms with Crippen molar-refractivity contribution >= 4 is 0 Å². The second kappa shape index (κ2) is 11.0. The van der Waals surface area contributed by atoms with Gasteiger partial charge in [-0.05, 0) is 13.8 Å². The summed E-state index contributed by atoms with van der Waals surface area (Å²) in [5.74, 6) is 0. The van der Waals surface area contributed by atoms with E-state index in [1.807, 2.05) is 0 Å². The number of hydrogen-bond donors (Lipinski definition) is 4. The number of aliphatic hydroxyl groups is 2. The smallest absolute Gasteiger partial charge is 0.291 e. The molecule has 0 aromatic carbocycles. The van der Waals surface area contributed by atoms with E-state index in [4.69, 9.17) is 40.9 Å². The summed E-state index contributed by atoms with van der Waals surface area (Å²) in [4.78, 5) is 26.7. The molecule has 14 nitrogen and oxygen atoms in total. The second-order valence-electron chi connectivity index (χ2n) is 2.36. The zero-order chi connectivity index (χ0) is 15.5. The predicted octanol–water partition coefficient (Wildman–Crippen LogP) is -1.54. The number of rotatable bonds is 3. The van der Waals surface area contributed by atoms with Crippen molar-refractivity contribution in [1.29, 1.82) is 0 Å². The van der Waals surface area contributed by atoms with Gasteiger partial charge in [-0.1, -0.05) is 5.01 Å². The molecule has 108 valence electrons. The summed E-state index contributed by atoms with van der Waals surface area (Å²) in [6, 6.07) is 0. The maximum atomic E-state index is 9.99. The van der Waals surface area contributed by atoms with Crippen LogP contribution in [0.25, 0.3) is 0 Å². The molecule has 0 amide bonds. The summed E-state index contributed by atoms with van der Waals surface area (Å²) in [7, 11) is 0. The topological polar surface area (TPSA) is 214 Å². The minimum absolute atomic E-state index is 0.333. The monoisotopic (exact) mass is 276 g/mol. The standard InChI is InChI=1S/C4H10N2O4.2HNO3/c1-3(7)5(4(2)8)6(9)10;2*2-1(3)4/h3-4,7-8H,1-2H3;2*(H,2,3,4). The van der Waals surface area contributed by atoms with Gasteiger partial charge in [-0.15, -0.1) is 20.2 Å². The Balaban J connectivity index is -0.000000233. The largest absolute Gasteiger partial charge is 0.369 e. The lowest BCUT2D eigenvalue weighted by molar-refractivity contribution is -0.742. The van der Waals surface area contributed by atoms with Crippen LogP contribution in [0.5, 0.6) is 0 Å². The van der Waals surface area contributed by atoms with Crippen LogP contribution in [-0.4, -0.2) is 53.3 Å². The summed E-state index contributed by atoms with van der Waals surface area (Å²) in [6.07, 6.45) is -2.56. The van der Waals surface area contributed by atoms with Gasteiger partial charge >= 0.3 is 0 Å². The van der Waals surface area contributed by atoms with Gasteiger partial charge in [-0.3, -0.25) is 0 Å². The normalized spacial score (nSPS) is 11.6. The van der Waals surface area contributed by atoms with Crippen LogP contribution in [0.4, 0.5) is 0 Å². The molecular formula is C4H12N4O10. The Morgan fingerprint density at radius 1 is 0.889 bits per heavy atom. The lowest BCUT2D eigenvalue weighted by atomic mass is 10.5. The van der Waals surface area contributed by atoms with Gasteiger partial charge in [0, 0.05) is 0 Å². The zero-order valence-electron chi connectivity index (χ0n) is 9.18. The fourth-order valence-corrected chi connectivity index (χ4v) is 0.585. The molecular weight excluding hydrogens is 264 g/mol. The van der Waals surface area contributed by atoms with Gasteiger partial charge in [-0.25, -0.2) is 10.1 Å². The van der Waals surface area contributed by atoms with Gasteiger partial charge in [0.1, 0.15) is 0 Å². The van der Waals surface area contributed by atoms with E-state index in [9.17, 15) is 10.1 Å². The molecule has 0 fully saturated rings. The second-order valence-corrected chi connectivity index (χ2v) is 2.36. The molecule has 0 bridgehead atoms. The molecule has 0 aliphatic rings. The quantitative estimate of drug-likeness (QED) is 0.263. The van der Waals surface area contributed by atoms with Crippen molar-refractivity contribution in [2.75, 3.05) is 0 Å². The molecule has 0 aromatic rings. The van der Waals surface area contributed by atoms with Crippen molar-refractivity contribution in [3.63, 3.8) is 0 Å². The fraction of sp³-hybridized carbons (Fsp3) is 1.00. The molecule has 0 heterocycles. The first kappa shape index (κ1) is 20.9. The Bertz CT molecular complexity index is 239. The highest BCUT2D eigenvalue weighted by Crippen LogP contribution is 1.99. The molecule has 2 atom stereocenters. The Kier molecular flexibility index (Phi) is 12.8. The number of aliphatic hydroxyl groups excluding tert-OH is 2. The van der Waals surface area contributed by atoms with E-state index < -0.39 is 27.7 Å². The third-order valence-electron chi connectivity index (χ3n) is 0.954. The molecule has 4 N–H and O–H groups in total. The fourth-order valence-electron chi connectivity index (χ4n) is 0.585. The molecule has 0 rings (SSSR count). The van der Waals surface area contributed by atoms with E-state index in [1.54, 1.807) is 0 Å². The molecule has 18 heavy (non-hydrogen) atoms. The van der Waals surface area contributed by atoms with Crippen LogP contribution in [0.1, 0.15) is 13.8 Å². The third kappa shape index (κ3) is 23.4. The van der Waals surface area contributed by atoms with Crippen LogP contribution >= 0.6 is 0 Å². The molecule has 0 aliphatic heterocycles. The Labute approximate surface area is 98.6 Å². The first-order valence-electron chi connectivity index (χ1n) is 3.88. The lowest BCUT2D eigenvalue weighted by Gasteiger charge is -2.18. The van der Waals surface area contributed by atoms with Crippen molar-refractivity contribution in [2.45, 2.75) is 26.3 Å². The van der Waals surface area contributed by atoms with Gasteiger partial charge in [-0.2, -0.15) is 0 Å². The minimum atomic E-state index is -1.50. The summed E-state index contributed by atoms with van der Waals surface area (Å²) in [5.41, 5.74) is 0. The lowest BCUT2D eigenvalue weighted by Crippen LogP contribution is -2.44. The number of hydrazine groups is 1. The van der Waals surface area contributed by atoms with Crippen molar-refractivity contribution < 1.29 is 35.8 Å². The molecule has 0 aliphatic carbocycles. The van der Waals surface area contributed by atoms with E-state index >= 15 is 0 Å². The summed E-state index contributed by atoms with van der Waals surface area (Å²) >= 11 is 0. The number of nitro groups is 1. The van der Waals surface area contributed by atoms with Crippen LogP contribution < -0.4 is 0 Å². The minimum Gasteiger partial charge on any atom is -0.369 e. The molecule has 0 saturated carbocycles. The van der Waals surface area contributed by atoms with Gasteiger partial charge in [0.15, 0.2) is 17.5 Å². The number of nitrogens with zero attached hydrogens (tertiary/aromatic N) is 4. The predicted molar refractivity (Wildman–Crippen MR) is 49.8 cm³/mol. The first-order valence-corrected chi connectivity index (χ1v) is 3.88. The average molecular weight is 276 g/mol. The Morgan fingerprint density at radius 2 is 1.06 bits per heavy atom. The van der Waals surface area contributed by atoms with E-state index in [1.165, 1.54) is 13.8 Å². The number of hydrogen-bond acceptors (Lipinski definition) is 8. The van der Waals surface area contributed by atoms with Crippen LogP contribution in [0.3, 0.4) is 0 Å². The highest BCUT2D eigenvalue weighted by Gasteiger charge is 2.24. The van der Waals surface area contributed by atoms with Crippen LogP contribution in [-0.2, 0) is 0 Å². The Hall–Kier alpha value is -2.48. The van der Waals surface area contributed by atoms with Crippen molar-refractivity contribution in [2.24, 2.45) is 0 Å². The van der Waals surface area contributed by atoms with Gasteiger partial charge in [0.2, 0.25) is 0 Å². The maximum Gasteiger partial charge on any atom is 0.291 e. The highest BCUT2D eigenvalue weighted by atomic mass is 16.9. The highest BCUT2D eigenvalue weighted by molar-refractivity contribution is 4.43. The molecule has 0 saturated heterocycles. The first-order chi connectivity index (χ1) is 7.93. The molecule has 0 spiro atoms. The van der Waals surface area contributed by atoms with Gasteiger partial charge in [0.25, 0.3) is 10.2 Å². The van der Waals surface area contributed by atoms with Crippen molar-refractivity contribution in [1.82, 2.24) is 5.01 Å². The van der Waals surface area contributed by atoms with Gasteiger partial charge in [0.05, 0.1) is 0 Å². The summed E-state index contributed by atoms with van der Waals surface area (Å²) in [6.45, 7) is 2.41. The Morgan fingerprint density at radius 3 is 1.06 bits per heavy atom. The SMILES string of the molecule is CC(O)N(C(C)O)[N+](=O)[O-].O=[N+]([O-])O.O=[N+]([O-])O. The van der Waals surface area contributed by atoms with Gasteiger partial charge < -0.3 is 20.6 Å². The molecule has 0 aromatic heterocycles. The average Bonchev–Trinajstić information content (AvgIpc) is 1.96.